The van der Waals surface area contributed by atoms with Gasteiger partial charge in [0, 0.05) is 42.0 Å². The summed E-state index contributed by atoms with van der Waals surface area (Å²) >= 11 is 0. The smallest absolute Gasteiger partial charge is 0.202 e. The molecule has 1 saturated heterocycles. The van der Waals surface area contributed by atoms with Crippen molar-refractivity contribution in [2.24, 2.45) is 0 Å². The van der Waals surface area contributed by atoms with E-state index < -0.39 is 89.6 Å². The van der Waals surface area contributed by atoms with Crippen LogP contribution in [0.4, 0.5) is 0 Å². The van der Waals surface area contributed by atoms with Crippen LogP contribution < -0.4 is 4.74 Å². The van der Waals surface area contributed by atoms with Gasteiger partial charge >= 0.3 is 0 Å². The van der Waals surface area contributed by atoms with Gasteiger partial charge in [-0.3, -0.25) is 19.3 Å². The van der Waals surface area contributed by atoms with E-state index in [4.69, 9.17) is 14.2 Å². The van der Waals surface area contributed by atoms with Gasteiger partial charge in [0.05, 0.1) is 42.1 Å². The van der Waals surface area contributed by atoms with E-state index in [1.165, 1.54) is 25.3 Å². The molecular formula is C31H38ClNO11. The molecule has 0 amide bonds. The number of Topliss-reactive ketones (excluding diaryl/α,β-unsaturated/α-hetero) is 1. The molecule has 6 atom stereocenters. The number of fused-ring (bicyclic) bond motifs is 3. The zero-order chi connectivity index (χ0) is 31.4. The Morgan fingerprint density at radius 3 is 2.36 bits per heavy atom. The van der Waals surface area contributed by atoms with Crippen molar-refractivity contribution in [1.82, 2.24) is 4.90 Å². The lowest BCUT2D eigenvalue weighted by molar-refractivity contribution is -0.258. The molecule has 0 spiro atoms. The molecule has 240 valence electrons. The van der Waals surface area contributed by atoms with E-state index in [1.54, 1.807) is 6.92 Å². The van der Waals surface area contributed by atoms with Crippen LogP contribution in [0.2, 0.25) is 0 Å². The summed E-state index contributed by atoms with van der Waals surface area (Å²) in [4.78, 5) is 42.3. The lowest BCUT2D eigenvalue weighted by Gasteiger charge is -2.45. The van der Waals surface area contributed by atoms with Crippen LogP contribution >= 0.6 is 12.4 Å². The first-order valence-corrected chi connectivity index (χ1v) is 14.4. The number of methoxy groups -OCH3 is 1. The molecule has 5 N–H and O–H groups in total. The maximum atomic E-state index is 13.8. The fourth-order valence-electron chi connectivity index (χ4n) is 6.75. The van der Waals surface area contributed by atoms with Gasteiger partial charge in [-0.15, -0.1) is 12.4 Å². The zero-order valence-corrected chi connectivity index (χ0v) is 25.7. The highest BCUT2D eigenvalue weighted by Crippen LogP contribution is 2.52. The third kappa shape index (κ3) is 5.28. The summed E-state index contributed by atoms with van der Waals surface area (Å²) in [6.07, 6.45) is -4.57. The van der Waals surface area contributed by atoms with Crippen molar-refractivity contribution in [3.8, 4) is 17.2 Å². The van der Waals surface area contributed by atoms with Gasteiger partial charge < -0.3 is 39.7 Å². The maximum absolute atomic E-state index is 13.8. The van der Waals surface area contributed by atoms with Crippen molar-refractivity contribution >= 4 is 29.8 Å². The number of ether oxygens (including phenoxy) is 3. The first-order valence-electron chi connectivity index (χ1n) is 14.4. The van der Waals surface area contributed by atoms with E-state index >= 15 is 0 Å². The van der Waals surface area contributed by atoms with E-state index in [2.05, 4.69) is 4.90 Å². The topological polar surface area (TPSA) is 183 Å². The van der Waals surface area contributed by atoms with Crippen molar-refractivity contribution in [3.05, 3.63) is 51.6 Å². The maximum Gasteiger partial charge on any atom is 0.202 e. The molecule has 1 fully saturated rings. The summed E-state index contributed by atoms with van der Waals surface area (Å²) in [5, 5.41) is 55.0. The second kappa shape index (κ2) is 12.7. The summed E-state index contributed by atoms with van der Waals surface area (Å²) < 4.78 is 17.5. The highest BCUT2D eigenvalue weighted by Gasteiger charge is 2.50. The van der Waals surface area contributed by atoms with Gasteiger partial charge in [0.15, 0.2) is 17.9 Å². The van der Waals surface area contributed by atoms with Gasteiger partial charge in [-0.2, -0.15) is 0 Å². The number of nitrogens with zero attached hydrogens (tertiary/aromatic N) is 1. The zero-order valence-electron chi connectivity index (χ0n) is 24.9. The number of rotatable bonds is 8. The number of carbonyl (C=O) groups excluding carboxylic acids is 3. The molecule has 2 aromatic rings. The Morgan fingerprint density at radius 1 is 1.09 bits per heavy atom. The van der Waals surface area contributed by atoms with Crippen LogP contribution in [0.25, 0.3) is 0 Å². The number of benzene rings is 2. The van der Waals surface area contributed by atoms with Gasteiger partial charge in [-0.25, -0.2) is 0 Å². The fraction of sp³-hybridized carbons (Fsp3) is 0.516. The fourth-order valence-corrected chi connectivity index (χ4v) is 6.75. The lowest BCUT2D eigenvalue weighted by atomic mass is 9.72. The van der Waals surface area contributed by atoms with Crippen molar-refractivity contribution in [3.63, 3.8) is 0 Å². The molecule has 0 aromatic heterocycles. The Balaban J connectivity index is 0.00000442. The third-order valence-corrected chi connectivity index (χ3v) is 9.01. The van der Waals surface area contributed by atoms with E-state index in [0.717, 1.165) is 0 Å². The number of ketones is 3. The Bertz CT molecular complexity index is 1470. The standard InChI is InChI=1S/C31H37NO11.ClH/c1-5-32(6-2)17-10-21(42-14(3)26(17)35)43-19-12-31(40,20(34)13-33)11-16-23(19)30(39)25-24(28(16)37)27(36)15-8-7-9-18(41-4)22(15)29(25)38;/h7-9,14,17,19,21,26,33,35,37,39-40H,5-6,10-13H2,1-4H3;1H/t14-,17-,19-,21-,26+,31-;/m0./s1. The molecule has 3 aliphatic rings. The van der Waals surface area contributed by atoms with Crippen LogP contribution in [0.1, 0.15) is 82.7 Å². The Hall–Kier alpha value is -3.10. The van der Waals surface area contributed by atoms with E-state index in [-0.39, 0.29) is 52.9 Å². The SMILES string of the molecule is CCN(CC)[C@H]1C[C@H](O[C@H]2C[C@](O)(C(=O)CO)Cc3c(O)c4c(c(O)c32)C(=O)c2c(OC)cccc2C4=O)O[C@@H](C)[C@H]1O.Cl. The minimum Gasteiger partial charge on any atom is -0.507 e. The molecular weight excluding hydrogens is 598 g/mol. The molecule has 1 aliphatic heterocycles. The second-order valence-electron chi connectivity index (χ2n) is 11.3. The number of phenols is 2. The van der Waals surface area contributed by atoms with Crippen LogP contribution in [0.3, 0.4) is 0 Å². The number of aromatic hydroxyl groups is 2. The predicted molar refractivity (Wildman–Crippen MR) is 158 cm³/mol. The van der Waals surface area contributed by atoms with Gasteiger partial charge in [-0.05, 0) is 26.1 Å². The van der Waals surface area contributed by atoms with Crippen molar-refractivity contribution in [1.29, 1.82) is 0 Å². The second-order valence-corrected chi connectivity index (χ2v) is 11.3. The largest absolute Gasteiger partial charge is 0.507 e. The molecule has 1 heterocycles. The van der Waals surface area contributed by atoms with Crippen LogP contribution in [0, 0.1) is 0 Å². The average Bonchev–Trinajstić information content (AvgIpc) is 2.99. The number of likely N-dealkylation sites (N-methyl/N-ethyl adjacent to an activating group) is 1. The molecule has 0 bridgehead atoms. The first-order chi connectivity index (χ1) is 20.4. The van der Waals surface area contributed by atoms with Gasteiger partial charge in [0.25, 0.3) is 0 Å². The Morgan fingerprint density at radius 2 is 1.75 bits per heavy atom. The summed E-state index contributed by atoms with van der Waals surface area (Å²) in [7, 11) is 1.34. The van der Waals surface area contributed by atoms with Gasteiger partial charge in [-0.1, -0.05) is 26.0 Å². The quantitative estimate of drug-likeness (QED) is 0.227. The van der Waals surface area contributed by atoms with Crippen LogP contribution in [-0.4, -0.2) is 105 Å². The molecule has 13 heteroatoms. The predicted octanol–water partition coefficient (Wildman–Crippen LogP) is 1.81. The molecule has 5 rings (SSSR count). The van der Waals surface area contributed by atoms with E-state index in [0.29, 0.717) is 13.1 Å². The molecule has 0 unspecified atom stereocenters. The van der Waals surface area contributed by atoms with E-state index in [1.807, 2.05) is 13.8 Å². The number of phenolic OH excluding ortho intramolecular Hbond substituents is 2. The molecule has 2 aromatic carbocycles. The number of aliphatic hydroxyl groups is 3. The summed E-state index contributed by atoms with van der Waals surface area (Å²) in [5.41, 5.74) is -3.48. The lowest BCUT2D eigenvalue weighted by Crippen LogP contribution is -2.55. The van der Waals surface area contributed by atoms with Crippen LogP contribution in [0.5, 0.6) is 17.2 Å². The normalized spacial score (nSPS) is 27.7. The summed E-state index contributed by atoms with van der Waals surface area (Å²) in [6, 6.07) is 4.06. The molecule has 2 aliphatic carbocycles. The number of carbonyl (C=O) groups is 3. The Labute approximate surface area is 260 Å². The summed E-state index contributed by atoms with van der Waals surface area (Å²) in [6.45, 7) is 5.90. The number of hydrogen-bond acceptors (Lipinski definition) is 12. The third-order valence-electron chi connectivity index (χ3n) is 9.01. The number of halogens is 1. The van der Waals surface area contributed by atoms with Gasteiger partial charge in [0.2, 0.25) is 5.78 Å². The molecule has 44 heavy (non-hydrogen) atoms. The minimum atomic E-state index is -2.23. The molecule has 0 saturated carbocycles. The van der Waals surface area contributed by atoms with Crippen LogP contribution in [0.15, 0.2) is 18.2 Å². The first kappa shape index (κ1) is 33.8. The number of hydrogen-bond donors (Lipinski definition) is 5. The number of aliphatic hydroxyl groups excluding tert-OH is 2. The highest BCUT2D eigenvalue weighted by molar-refractivity contribution is 6.31. The monoisotopic (exact) mass is 635 g/mol. The highest BCUT2D eigenvalue weighted by atomic mass is 35.5. The van der Waals surface area contributed by atoms with Crippen molar-refractivity contribution < 1.29 is 54.1 Å². The Kier molecular flexibility index (Phi) is 9.77. The summed E-state index contributed by atoms with van der Waals surface area (Å²) in [5.74, 6) is -3.66. The molecule has 0 radical (unpaired) electrons. The average molecular weight is 636 g/mol. The molecule has 12 nitrogen and oxygen atoms in total. The van der Waals surface area contributed by atoms with E-state index in [9.17, 15) is 39.9 Å². The minimum absolute atomic E-state index is 0. The van der Waals surface area contributed by atoms with Crippen molar-refractivity contribution in [2.45, 2.75) is 76.3 Å². The van der Waals surface area contributed by atoms with Gasteiger partial charge in [0.1, 0.15) is 29.5 Å². The van der Waals surface area contributed by atoms with Crippen molar-refractivity contribution in [2.75, 3.05) is 26.8 Å². The van der Waals surface area contributed by atoms with Crippen LogP contribution in [-0.2, 0) is 20.7 Å².